The molecule has 4 aromatic rings. The van der Waals surface area contributed by atoms with Crippen LogP contribution in [-0.2, 0) is 10.0 Å². The number of nitrogens with zero attached hydrogens (tertiary/aromatic N) is 1. The number of aromatic nitrogens is 1. The van der Waals surface area contributed by atoms with Crippen molar-refractivity contribution in [2.24, 2.45) is 0 Å². The zero-order valence-electron chi connectivity index (χ0n) is 17.7. The van der Waals surface area contributed by atoms with Gasteiger partial charge in [-0.05, 0) is 48.5 Å². The molecule has 0 aliphatic carbocycles. The smallest absolute Gasteiger partial charge is 0.264 e. The molecule has 0 bridgehead atoms. The van der Waals surface area contributed by atoms with Gasteiger partial charge in [-0.2, -0.15) is 0 Å². The van der Waals surface area contributed by atoms with E-state index >= 15 is 0 Å². The van der Waals surface area contributed by atoms with Gasteiger partial charge in [0.1, 0.15) is 16.4 Å². The Morgan fingerprint density at radius 1 is 1.00 bits per heavy atom. The molecule has 0 radical (unpaired) electrons. The number of aliphatic hydroxyl groups excluding tert-OH is 1. The first-order chi connectivity index (χ1) is 15.9. The van der Waals surface area contributed by atoms with Crippen LogP contribution in [0.25, 0.3) is 16.7 Å². The molecule has 2 N–H and O–H groups in total. The molecule has 0 aliphatic heterocycles. The molecule has 0 saturated carbocycles. The Labute approximate surface area is 192 Å². The number of hydrogen-bond donors (Lipinski definition) is 2. The van der Waals surface area contributed by atoms with Gasteiger partial charge in [-0.1, -0.05) is 42.7 Å². The lowest BCUT2D eigenvalue weighted by Gasteiger charge is -2.13. The van der Waals surface area contributed by atoms with Gasteiger partial charge in [0.2, 0.25) is 0 Å². The van der Waals surface area contributed by atoms with Crippen LogP contribution in [-0.4, -0.2) is 25.6 Å². The summed E-state index contributed by atoms with van der Waals surface area (Å²) >= 11 is 0. The van der Waals surface area contributed by atoms with Gasteiger partial charge in [-0.15, -0.1) is 0 Å². The number of nitrogens with one attached hydrogen (secondary N) is 1. The molecule has 1 aromatic heterocycles. The van der Waals surface area contributed by atoms with Gasteiger partial charge < -0.3 is 9.84 Å². The Balaban J connectivity index is 1.69. The average molecular weight is 457 g/mol. The third-order valence-electron chi connectivity index (χ3n) is 4.93. The highest BCUT2D eigenvalue weighted by atomic mass is 32.2. The fourth-order valence-electron chi connectivity index (χ4n) is 3.28. The molecule has 0 fully saturated rings. The number of sulfonamides is 1. The van der Waals surface area contributed by atoms with Gasteiger partial charge in [0.25, 0.3) is 10.0 Å². The van der Waals surface area contributed by atoms with E-state index in [9.17, 15) is 13.5 Å². The van der Waals surface area contributed by atoms with E-state index < -0.39 is 10.0 Å². The Kier molecular flexibility index (Phi) is 6.03. The quantitative estimate of drug-likeness (QED) is 0.327. The van der Waals surface area contributed by atoms with Gasteiger partial charge in [0, 0.05) is 28.3 Å². The highest BCUT2D eigenvalue weighted by molar-refractivity contribution is 7.93. The third-order valence-corrected chi connectivity index (χ3v) is 6.33. The molecule has 6 nitrogen and oxygen atoms in total. The van der Waals surface area contributed by atoms with E-state index in [0.29, 0.717) is 39.0 Å². The van der Waals surface area contributed by atoms with E-state index in [2.05, 4.69) is 28.1 Å². The maximum absolute atomic E-state index is 13.3. The van der Waals surface area contributed by atoms with Crippen molar-refractivity contribution in [2.75, 3.05) is 11.8 Å². The van der Waals surface area contributed by atoms with Crippen molar-refractivity contribution < 1.29 is 18.3 Å². The summed E-state index contributed by atoms with van der Waals surface area (Å²) in [7, 11) is -2.43. The van der Waals surface area contributed by atoms with Crippen LogP contribution in [0.5, 0.6) is 5.75 Å². The number of ether oxygens (including phenoxy) is 1. The van der Waals surface area contributed by atoms with Crippen molar-refractivity contribution in [3.05, 3.63) is 102 Å². The lowest BCUT2D eigenvalue weighted by atomic mass is 10.1. The third kappa shape index (κ3) is 4.66. The molecule has 0 unspecified atom stereocenters. The summed E-state index contributed by atoms with van der Waals surface area (Å²) in [5.74, 6) is 6.55. The van der Waals surface area contributed by atoms with E-state index in [1.165, 1.54) is 19.4 Å². The van der Waals surface area contributed by atoms with E-state index in [1.807, 2.05) is 0 Å². The van der Waals surface area contributed by atoms with Crippen LogP contribution < -0.4 is 9.46 Å². The average Bonchev–Trinajstić information content (AvgIpc) is 2.82. The predicted octanol–water partition coefficient (Wildman–Crippen LogP) is 4.97. The van der Waals surface area contributed by atoms with E-state index in [-0.39, 0.29) is 10.7 Å². The van der Waals surface area contributed by atoms with Crippen LogP contribution in [0.3, 0.4) is 0 Å². The number of anilines is 1. The van der Waals surface area contributed by atoms with E-state index in [0.717, 1.165) is 0 Å². The first kappa shape index (κ1) is 21.9. The Bertz CT molecular complexity index is 1520. The summed E-state index contributed by atoms with van der Waals surface area (Å²) in [5, 5.41) is 10.1. The number of benzene rings is 3. The van der Waals surface area contributed by atoms with Crippen molar-refractivity contribution in [3.63, 3.8) is 0 Å². The second kappa shape index (κ2) is 9.07. The van der Waals surface area contributed by atoms with Crippen molar-refractivity contribution in [3.8, 4) is 17.6 Å². The first-order valence-corrected chi connectivity index (χ1v) is 11.4. The summed E-state index contributed by atoms with van der Waals surface area (Å²) < 4.78 is 34.5. The minimum atomic E-state index is -3.96. The molecule has 164 valence electrons. The van der Waals surface area contributed by atoms with Gasteiger partial charge in [0.15, 0.2) is 0 Å². The Morgan fingerprint density at radius 3 is 2.48 bits per heavy atom. The van der Waals surface area contributed by atoms with Crippen LogP contribution >= 0.6 is 0 Å². The van der Waals surface area contributed by atoms with Crippen LogP contribution in [0, 0.1) is 11.8 Å². The maximum atomic E-state index is 13.3. The molecule has 0 amide bonds. The van der Waals surface area contributed by atoms with Crippen LogP contribution in [0.4, 0.5) is 5.69 Å². The van der Waals surface area contributed by atoms with Crippen LogP contribution in [0.1, 0.15) is 16.7 Å². The summed E-state index contributed by atoms with van der Waals surface area (Å²) in [6.07, 6.45) is 1.54. The van der Waals surface area contributed by atoms with Gasteiger partial charge in [-0.3, -0.25) is 9.71 Å². The first-order valence-electron chi connectivity index (χ1n) is 9.93. The number of methoxy groups -OCH3 is 1. The second-order valence-electron chi connectivity index (χ2n) is 7.09. The molecule has 33 heavy (non-hydrogen) atoms. The molecule has 3 aromatic carbocycles. The SMILES string of the molecule is C=C(O)c1ccc(C#Cc2ccccc2NS(=O)(=O)c2ccc(OC)c3cccnc23)cc1. The monoisotopic (exact) mass is 456 g/mol. The lowest BCUT2D eigenvalue weighted by Crippen LogP contribution is -2.14. The highest BCUT2D eigenvalue weighted by Crippen LogP contribution is 2.30. The molecule has 1 heterocycles. The fourth-order valence-corrected chi connectivity index (χ4v) is 4.52. The van der Waals surface area contributed by atoms with Crippen molar-refractivity contribution in [1.29, 1.82) is 0 Å². The van der Waals surface area contributed by atoms with Crippen molar-refractivity contribution in [1.82, 2.24) is 4.98 Å². The topological polar surface area (TPSA) is 88.5 Å². The minimum absolute atomic E-state index is 0.0187. The van der Waals surface area contributed by atoms with Crippen molar-refractivity contribution in [2.45, 2.75) is 4.90 Å². The number of hydrogen-bond acceptors (Lipinski definition) is 5. The van der Waals surface area contributed by atoms with Crippen molar-refractivity contribution >= 4 is 32.4 Å². The van der Waals surface area contributed by atoms with E-state index in [1.54, 1.807) is 66.7 Å². The highest BCUT2D eigenvalue weighted by Gasteiger charge is 2.21. The molecular formula is C26H20N2O4S. The summed E-state index contributed by atoms with van der Waals surface area (Å²) in [5.41, 5.74) is 2.50. The standard InChI is InChI=1S/C26H20N2O4S/c1-18(29)20-12-9-19(10-13-20)11-14-21-6-3-4-8-23(21)28-33(30,31)25-16-15-24(32-2)22-7-5-17-27-26(22)25/h3-10,12-13,15-17,28-29H,1H2,2H3. The Morgan fingerprint density at radius 2 is 1.76 bits per heavy atom. The summed E-state index contributed by atoms with van der Waals surface area (Å²) in [6, 6.07) is 20.4. The van der Waals surface area contributed by atoms with Crippen LogP contribution in [0.2, 0.25) is 0 Å². The molecule has 0 saturated heterocycles. The number of fused-ring (bicyclic) bond motifs is 1. The van der Waals surface area contributed by atoms with Gasteiger partial charge >= 0.3 is 0 Å². The molecule has 7 heteroatoms. The molecule has 4 rings (SSSR count). The number of aliphatic hydroxyl groups is 1. The zero-order valence-corrected chi connectivity index (χ0v) is 18.6. The number of rotatable bonds is 5. The predicted molar refractivity (Wildman–Crippen MR) is 130 cm³/mol. The molecule has 0 spiro atoms. The van der Waals surface area contributed by atoms with Crippen LogP contribution in [0.15, 0.2) is 90.5 Å². The second-order valence-corrected chi connectivity index (χ2v) is 8.74. The number of para-hydroxylation sites is 1. The minimum Gasteiger partial charge on any atom is -0.508 e. The summed E-state index contributed by atoms with van der Waals surface area (Å²) in [6.45, 7) is 3.49. The van der Waals surface area contributed by atoms with Gasteiger partial charge in [-0.25, -0.2) is 8.42 Å². The van der Waals surface area contributed by atoms with Gasteiger partial charge in [0.05, 0.1) is 18.3 Å². The lowest BCUT2D eigenvalue weighted by molar-refractivity contribution is 0.419. The summed E-state index contributed by atoms with van der Waals surface area (Å²) in [4.78, 5) is 4.31. The number of pyridine rings is 1. The normalized spacial score (nSPS) is 10.8. The zero-order chi connectivity index (χ0) is 23.4. The van der Waals surface area contributed by atoms with E-state index in [4.69, 9.17) is 4.74 Å². The molecule has 0 aliphatic rings. The maximum Gasteiger partial charge on any atom is 0.264 e. The molecule has 0 atom stereocenters. The Hall–Kier alpha value is -4.28. The fraction of sp³-hybridized carbons (Fsp3) is 0.0385. The molecular weight excluding hydrogens is 436 g/mol. The largest absolute Gasteiger partial charge is 0.508 e.